The number of rotatable bonds is 4. The van der Waals surface area contributed by atoms with Gasteiger partial charge < -0.3 is 4.74 Å². The van der Waals surface area contributed by atoms with Crippen molar-refractivity contribution in [2.24, 2.45) is 0 Å². The quantitative estimate of drug-likeness (QED) is 0.429. The number of ketones is 1. The molecule has 0 aromatic heterocycles. The van der Waals surface area contributed by atoms with Gasteiger partial charge in [0, 0.05) is 0 Å². The number of benzene rings is 1. The number of Topliss-reactive ketones (excluding diaryl/α,β-unsaturated/α-hetero) is 1. The van der Waals surface area contributed by atoms with Crippen LogP contribution in [0.4, 0.5) is 0 Å². The summed E-state index contributed by atoms with van der Waals surface area (Å²) in [5.74, 6) is -4.52. The Morgan fingerprint density at radius 1 is 1.15 bits per heavy atom. The molecule has 1 aromatic rings. The zero-order chi connectivity index (χ0) is 14.9. The summed E-state index contributed by atoms with van der Waals surface area (Å²) >= 11 is 0. The largest absolute Gasteiger partial charge is 0.463 e. The molecular weight excluding hydrogens is 286 g/mol. The van der Waals surface area contributed by atoms with Crippen LogP contribution in [0, 0.1) is 0 Å². The number of hydrogen-bond acceptors (Lipinski definition) is 6. The Labute approximate surface area is 116 Å². The Morgan fingerprint density at radius 2 is 1.65 bits per heavy atom. The van der Waals surface area contributed by atoms with Crippen molar-refractivity contribution in [3.8, 4) is 0 Å². The van der Waals surface area contributed by atoms with Crippen LogP contribution in [-0.2, 0) is 25.3 Å². The first-order valence-electron chi connectivity index (χ1n) is 5.44. The lowest BCUT2D eigenvalue weighted by molar-refractivity contribution is -0.150. The molecule has 1 aliphatic rings. The zero-order valence-corrected chi connectivity index (χ0v) is 11.1. The number of esters is 1. The number of hydrogen-bond donors (Lipinski definition) is 0. The standard InChI is InChI=1S/C12H9NO6S/c1-19-12(17)9(14)6-20(18)13-10(15)7-4-2-3-5-8(7)11(13)16/h2-5H,6H2,1H3. The summed E-state index contributed by atoms with van der Waals surface area (Å²) in [6, 6.07) is 5.98. The fourth-order valence-corrected chi connectivity index (χ4v) is 2.74. The third kappa shape index (κ3) is 2.25. The van der Waals surface area contributed by atoms with Gasteiger partial charge in [0.1, 0.15) is 16.7 Å². The first kappa shape index (κ1) is 14.1. The highest BCUT2D eigenvalue weighted by molar-refractivity contribution is 7.84. The molecule has 0 radical (unpaired) electrons. The van der Waals surface area contributed by atoms with Gasteiger partial charge in [0.15, 0.2) is 0 Å². The number of fused-ring (bicyclic) bond motifs is 1. The van der Waals surface area contributed by atoms with Gasteiger partial charge in [0.2, 0.25) is 0 Å². The van der Waals surface area contributed by atoms with E-state index in [0.29, 0.717) is 4.31 Å². The van der Waals surface area contributed by atoms with Crippen molar-refractivity contribution in [2.45, 2.75) is 0 Å². The monoisotopic (exact) mass is 295 g/mol. The highest BCUT2D eigenvalue weighted by Gasteiger charge is 2.40. The zero-order valence-electron chi connectivity index (χ0n) is 10.3. The number of carbonyl (C=O) groups excluding carboxylic acids is 4. The molecule has 20 heavy (non-hydrogen) atoms. The Hall–Kier alpha value is -2.35. The highest BCUT2D eigenvalue weighted by atomic mass is 32.2. The average molecular weight is 295 g/mol. The van der Waals surface area contributed by atoms with Crippen LogP contribution in [0.2, 0.25) is 0 Å². The molecule has 0 bridgehead atoms. The van der Waals surface area contributed by atoms with E-state index < -0.39 is 40.3 Å². The van der Waals surface area contributed by atoms with Crippen LogP contribution in [0.1, 0.15) is 20.7 Å². The maximum Gasteiger partial charge on any atom is 0.375 e. The van der Waals surface area contributed by atoms with Gasteiger partial charge in [-0.3, -0.25) is 14.4 Å². The molecule has 1 unspecified atom stereocenters. The van der Waals surface area contributed by atoms with E-state index in [4.69, 9.17) is 0 Å². The van der Waals surface area contributed by atoms with Gasteiger partial charge in [0.25, 0.3) is 17.6 Å². The predicted molar refractivity (Wildman–Crippen MR) is 67.0 cm³/mol. The first-order chi connectivity index (χ1) is 9.47. The summed E-state index contributed by atoms with van der Waals surface area (Å²) in [5.41, 5.74) is 0.243. The van der Waals surface area contributed by atoms with Crippen LogP contribution >= 0.6 is 0 Å². The van der Waals surface area contributed by atoms with Gasteiger partial charge >= 0.3 is 5.97 Å². The molecule has 104 valence electrons. The lowest BCUT2D eigenvalue weighted by Crippen LogP contribution is -2.36. The normalized spacial score (nSPS) is 14.9. The Kier molecular flexibility index (Phi) is 3.75. The van der Waals surface area contributed by atoms with E-state index in [-0.39, 0.29) is 11.1 Å². The minimum absolute atomic E-state index is 0.122. The van der Waals surface area contributed by atoms with E-state index in [1.165, 1.54) is 12.1 Å². The van der Waals surface area contributed by atoms with Crippen molar-refractivity contribution in [3.63, 3.8) is 0 Å². The van der Waals surface area contributed by atoms with Crippen LogP contribution in [0.25, 0.3) is 0 Å². The molecule has 0 spiro atoms. The predicted octanol–water partition coefficient (Wildman–Crippen LogP) is -0.312. The molecule has 8 heteroatoms. The molecule has 0 saturated carbocycles. The van der Waals surface area contributed by atoms with E-state index in [1.54, 1.807) is 12.1 Å². The molecule has 0 fully saturated rings. The minimum atomic E-state index is -2.25. The molecule has 0 saturated heterocycles. The molecular formula is C12H9NO6S. The number of carbonyl (C=O) groups is 4. The van der Waals surface area contributed by atoms with Crippen molar-refractivity contribution < 1.29 is 28.1 Å². The van der Waals surface area contributed by atoms with E-state index >= 15 is 0 Å². The van der Waals surface area contributed by atoms with E-state index in [0.717, 1.165) is 7.11 Å². The molecule has 1 heterocycles. The Balaban J connectivity index is 2.22. The van der Waals surface area contributed by atoms with Gasteiger partial charge in [0.05, 0.1) is 18.2 Å². The second kappa shape index (κ2) is 5.33. The molecule has 1 aromatic carbocycles. The first-order valence-corrected chi connectivity index (χ1v) is 6.72. The van der Waals surface area contributed by atoms with Crippen molar-refractivity contribution in [3.05, 3.63) is 35.4 Å². The summed E-state index contributed by atoms with van der Waals surface area (Å²) < 4.78 is 16.6. The lowest BCUT2D eigenvalue weighted by atomic mass is 10.1. The van der Waals surface area contributed by atoms with Crippen molar-refractivity contribution in [2.75, 3.05) is 12.9 Å². The third-order valence-electron chi connectivity index (χ3n) is 2.63. The van der Waals surface area contributed by atoms with Crippen LogP contribution < -0.4 is 0 Å². The van der Waals surface area contributed by atoms with Crippen LogP contribution in [0.3, 0.4) is 0 Å². The topological polar surface area (TPSA) is 97.8 Å². The summed E-state index contributed by atoms with van der Waals surface area (Å²) in [6.07, 6.45) is 0. The molecule has 0 aliphatic carbocycles. The van der Waals surface area contributed by atoms with E-state index in [1.807, 2.05) is 0 Å². The number of nitrogens with zero attached hydrogens (tertiary/aromatic N) is 1. The second-order valence-corrected chi connectivity index (χ2v) is 5.13. The number of ether oxygens (including phenoxy) is 1. The smallest absolute Gasteiger partial charge is 0.375 e. The number of methoxy groups -OCH3 is 1. The van der Waals surface area contributed by atoms with Gasteiger partial charge in [-0.15, -0.1) is 0 Å². The fourth-order valence-electron chi connectivity index (χ4n) is 1.70. The second-order valence-electron chi connectivity index (χ2n) is 3.83. The maximum absolute atomic E-state index is 12.0. The summed E-state index contributed by atoms with van der Waals surface area (Å²) in [5, 5.41) is 0. The average Bonchev–Trinajstić information content (AvgIpc) is 2.70. The Morgan fingerprint density at radius 3 is 2.10 bits per heavy atom. The molecule has 1 atom stereocenters. The number of imide groups is 1. The molecule has 1 aliphatic heterocycles. The van der Waals surface area contributed by atoms with Gasteiger partial charge in [-0.1, -0.05) is 12.1 Å². The molecule has 2 amide bonds. The molecule has 0 N–H and O–H groups in total. The SMILES string of the molecule is COC(=O)C(=O)CS(=O)N1C(=O)c2ccccc2C1=O. The van der Waals surface area contributed by atoms with Crippen LogP contribution in [0.5, 0.6) is 0 Å². The van der Waals surface area contributed by atoms with Gasteiger partial charge in [-0.2, -0.15) is 4.31 Å². The van der Waals surface area contributed by atoms with Gasteiger partial charge in [-0.25, -0.2) is 9.00 Å². The fraction of sp³-hybridized carbons (Fsp3) is 0.167. The summed E-state index contributed by atoms with van der Waals surface area (Å²) in [4.78, 5) is 46.2. The minimum Gasteiger partial charge on any atom is -0.463 e. The maximum atomic E-state index is 12.0. The Bertz CT molecular complexity index is 618. The highest BCUT2D eigenvalue weighted by Crippen LogP contribution is 2.23. The van der Waals surface area contributed by atoms with Crippen molar-refractivity contribution >= 4 is 34.6 Å². The third-order valence-corrected chi connectivity index (χ3v) is 3.88. The molecule has 7 nitrogen and oxygen atoms in total. The van der Waals surface area contributed by atoms with Crippen molar-refractivity contribution in [1.29, 1.82) is 0 Å². The van der Waals surface area contributed by atoms with Crippen LogP contribution in [0.15, 0.2) is 24.3 Å². The van der Waals surface area contributed by atoms with Gasteiger partial charge in [-0.05, 0) is 12.1 Å². The van der Waals surface area contributed by atoms with E-state index in [9.17, 15) is 23.4 Å². The van der Waals surface area contributed by atoms with E-state index in [2.05, 4.69) is 4.74 Å². The molecule has 2 rings (SSSR count). The summed E-state index contributed by atoms with van der Waals surface area (Å²) in [7, 11) is -1.25. The lowest BCUT2D eigenvalue weighted by Gasteiger charge is -2.11. The van der Waals surface area contributed by atoms with Crippen molar-refractivity contribution in [1.82, 2.24) is 4.31 Å². The van der Waals surface area contributed by atoms with Crippen LogP contribution in [-0.4, -0.2) is 44.9 Å². The number of amides is 2. The summed E-state index contributed by atoms with van der Waals surface area (Å²) in [6.45, 7) is 0.